The Morgan fingerprint density at radius 1 is 1.00 bits per heavy atom. The van der Waals surface area contributed by atoms with E-state index in [4.69, 9.17) is 0 Å². The molecule has 0 spiro atoms. The van der Waals surface area contributed by atoms with E-state index in [-0.39, 0.29) is 10.8 Å². The van der Waals surface area contributed by atoms with Crippen molar-refractivity contribution in [3.05, 3.63) is 29.8 Å². The van der Waals surface area contributed by atoms with Gasteiger partial charge in [-0.3, -0.25) is 0 Å². The van der Waals surface area contributed by atoms with Crippen LogP contribution in [-0.2, 0) is 10.0 Å². The number of aromatic nitrogens is 3. The molecule has 0 unspecified atom stereocenters. The zero-order chi connectivity index (χ0) is 15.8. The second kappa shape index (κ2) is 5.36. The maximum Gasteiger partial charge on any atom is 0.286 e. The van der Waals surface area contributed by atoms with Crippen LogP contribution in [0.1, 0.15) is 5.56 Å². The van der Waals surface area contributed by atoms with E-state index in [1.807, 2.05) is 6.92 Å². The molecule has 0 saturated carbocycles. The van der Waals surface area contributed by atoms with Crippen molar-refractivity contribution in [2.45, 2.75) is 11.8 Å². The quantitative estimate of drug-likeness (QED) is 0.837. The summed E-state index contributed by atoms with van der Waals surface area (Å²) in [4.78, 5) is 7.71. The predicted octanol–water partition coefficient (Wildman–Crippen LogP) is 0.956. The maximum atomic E-state index is 12.7. The maximum absolute atomic E-state index is 12.7. The molecule has 0 radical (unpaired) electrons. The normalized spacial score (nSPS) is 11.5. The Morgan fingerprint density at radius 3 is 2.05 bits per heavy atom. The van der Waals surface area contributed by atoms with Gasteiger partial charge in [-0.2, -0.15) is 13.4 Å². The molecule has 1 aromatic heterocycles. The zero-order valence-electron chi connectivity index (χ0n) is 12.8. The smallest absolute Gasteiger partial charge is 0.286 e. The fraction of sp³-hybridized carbons (Fsp3) is 0.385. The third kappa shape index (κ3) is 2.85. The highest BCUT2D eigenvalue weighted by molar-refractivity contribution is 7.90. The Morgan fingerprint density at radius 2 is 1.57 bits per heavy atom. The molecule has 7 nitrogen and oxygen atoms in total. The van der Waals surface area contributed by atoms with Gasteiger partial charge >= 0.3 is 0 Å². The van der Waals surface area contributed by atoms with Crippen LogP contribution in [0.3, 0.4) is 0 Å². The summed E-state index contributed by atoms with van der Waals surface area (Å²) in [5, 5.41) is 4.10. The number of rotatable bonds is 4. The summed E-state index contributed by atoms with van der Waals surface area (Å²) in [7, 11) is 3.21. The van der Waals surface area contributed by atoms with Crippen molar-refractivity contribution in [1.82, 2.24) is 14.2 Å². The molecule has 0 atom stereocenters. The van der Waals surface area contributed by atoms with Gasteiger partial charge in [0, 0.05) is 28.2 Å². The Balaban J connectivity index is 2.61. The SMILES string of the molecule is Cc1ccc(S(=O)(=O)n2nc(N(C)C)nc2N(C)C)cc1. The van der Waals surface area contributed by atoms with Crippen LogP contribution in [0.5, 0.6) is 0 Å². The zero-order valence-corrected chi connectivity index (χ0v) is 13.6. The summed E-state index contributed by atoms with van der Waals surface area (Å²) in [6, 6.07) is 6.65. The van der Waals surface area contributed by atoms with Crippen LogP contribution >= 0.6 is 0 Å². The number of aryl methyl sites for hydroxylation is 1. The monoisotopic (exact) mass is 309 g/mol. The lowest BCUT2D eigenvalue weighted by Crippen LogP contribution is -2.22. The van der Waals surface area contributed by atoms with E-state index in [1.54, 1.807) is 62.3 Å². The first kappa shape index (κ1) is 15.3. The summed E-state index contributed by atoms with van der Waals surface area (Å²) >= 11 is 0. The van der Waals surface area contributed by atoms with Gasteiger partial charge in [-0.25, -0.2) is 0 Å². The molecule has 0 N–H and O–H groups in total. The average molecular weight is 309 g/mol. The molecule has 0 amide bonds. The standard InChI is InChI=1S/C13H19N5O2S/c1-10-6-8-11(9-7-10)21(19,20)18-13(17(4)5)14-12(15-18)16(2)3/h6-9H,1-5H3. The molecule has 0 aliphatic carbocycles. The first-order valence-corrected chi connectivity index (χ1v) is 7.81. The van der Waals surface area contributed by atoms with Crippen LogP contribution in [0.4, 0.5) is 11.9 Å². The van der Waals surface area contributed by atoms with Gasteiger partial charge < -0.3 is 9.80 Å². The minimum Gasteiger partial charge on any atom is -0.346 e. The summed E-state index contributed by atoms with van der Waals surface area (Å²) in [6.07, 6.45) is 0. The first-order valence-electron chi connectivity index (χ1n) is 6.37. The number of nitrogens with zero attached hydrogens (tertiary/aromatic N) is 5. The summed E-state index contributed by atoms with van der Waals surface area (Å²) in [5.74, 6) is 0.605. The summed E-state index contributed by atoms with van der Waals surface area (Å²) < 4.78 is 26.4. The second-order valence-electron chi connectivity index (χ2n) is 5.16. The van der Waals surface area contributed by atoms with E-state index in [1.165, 1.54) is 0 Å². The van der Waals surface area contributed by atoms with Gasteiger partial charge in [0.2, 0.25) is 11.9 Å². The Labute approximate surface area is 124 Å². The molecule has 0 aliphatic rings. The highest BCUT2D eigenvalue weighted by Gasteiger charge is 2.25. The molecular weight excluding hydrogens is 290 g/mol. The highest BCUT2D eigenvalue weighted by Crippen LogP contribution is 2.21. The average Bonchev–Trinajstić information content (AvgIpc) is 2.85. The molecule has 0 bridgehead atoms. The van der Waals surface area contributed by atoms with Crippen molar-refractivity contribution in [3.63, 3.8) is 0 Å². The van der Waals surface area contributed by atoms with Crippen LogP contribution in [0.25, 0.3) is 0 Å². The van der Waals surface area contributed by atoms with Gasteiger partial charge in [-0.05, 0) is 19.1 Å². The van der Waals surface area contributed by atoms with E-state index in [9.17, 15) is 8.42 Å². The van der Waals surface area contributed by atoms with Crippen LogP contribution in [-0.4, -0.2) is 50.8 Å². The van der Waals surface area contributed by atoms with Gasteiger partial charge in [0.1, 0.15) is 0 Å². The molecule has 21 heavy (non-hydrogen) atoms. The van der Waals surface area contributed by atoms with E-state index in [0.717, 1.165) is 9.65 Å². The molecule has 1 aromatic carbocycles. The van der Waals surface area contributed by atoms with Crippen molar-refractivity contribution in [2.24, 2.45) is 0 Å². The van der Waals surface area contributed by atoms with E-state index in [0.29, 0.717) is 5.95 Å². The van der Waals surface area contributed by atoms with Crippen LogP contribution in [0.15, 0.2) is 29.2 Å². The Hall–Kier alpha value is -2.09. The van der Waals surface area contributed by atoms with E-state index < -0.39 is 10.0 Å². The first-order chi connectivity index (χ1) is 9.73. The third-order valence-electron chi connectivity index (χ3n) is 2.90. The predicted molar refractivity (Wildman–Crippen MR) is 82.4 cm³/mol. The van der Waals surface area contributed by atoms with Gasteiger partial charge in [0.05, 0.1) is 4.90 Å². The molecule has 0 saturated heterocycles. The lowest BCUT2D eigenvalue weighted by molar-refractivity contribution is 0.579. The fourth-order valence-corrected chi connectivity index (χ4v) is 2.99. The topological polar surface area (TPSA) is 71.3 Å². The molecule has 114 valence electrons. The molecule has 0 fully saturated rings. The minimum absolute atomic E-state index is 0.186. The lowest BCUT2D eigenvalue weighted by atomic mass is 10.2. The number of hydrogen-bond donors (Lipinski definition) is 0. The summed E-state index contributed by atoms with van der Waals surface area (Å²) in [5.41, 5.74) is 0.995. The molecule has 0 aliphatic heterocycles. The van der Waals surface area contributed by atoms with Crippen molar-refractivity contribution < 1.29 is 8.42 Å². The molecular formula is C13H19N5O2S. The van der Waals surface area contributed by atoms with Crippen LogP contribution in [0, 0.1) is 6.92 Å². The number of benzene rings is 1. The van der Waals surface area contributed by atoms with Crippen molar-refractivity contribution in [1.29, 1.82) is 0 Å². The molecule has 2 rings (SSSR count). The van der Waals surface area contributed by atoms with Crippen molar-refractivity contribution in [2.75, 3.05) is 38.0 Å². The fourth-order valence-electron chi connectivity index (χ4n) is 1.71. The van der Waals surface area contributed by atoms with E-state index >= 15 is 0 Å². The molecule has 8 heteroatoms. The lowest BCUT2D eigenvalue weighted by Gasteiger charge is -2.12. The van der Waals surface area contributed by atoms with Crippen molar-refractivity contribution >= 4 is 21.9 Å². The summed E-state index contributed by atoms with van der Waals surface area (Å²) in [6.45, 7) is 1.90. The third-order valence-corrected chi connectivity index (χ3v) is 4.47. The van der Waals surface area contributed by atoms with Gasteiger partial charge in [-0.1, -0.05) is 17.7 Å². The Kier molecular flexibility index (Phi) is 3.91. The molecule has 2 aromatic rings. The van der Waals surface area contributed by atoms with Crippen LogP contribution < -0.4 is 9.80 Å². The van der Waals surface area contributed by atoms with Crippen LogP contribution in [0.2, 0.25) is 0 Å². The van der Waals surface area contributed by atoms with Crippen molar-refractivity contribution in [3.8, 4) is 0 Å². The second-order valence-corrected chi connectivity index (χ2v) is 6.93. The minimum atomic E-state index is -3.77. The van der Waals surface area contributed by atoms with Gasteiger partial charge in [-0.15, -0.1) is 9.19 Å². The van der Waals surface area contributed by atoms with E-state index in [2.05, 4.69) is 10.1 Å². The van der Waals surface area contributed by atoms with Gasteiger partial charge in [0.15, 0.2) is 0 Å². The number of hydrogen-bond acceptors (Lipinski definition) is 6. The number of anilines is 2. The van der Waals surface area contributed by atoms with Gasteiger partial charge in [0.25, 0.3) is 10.0 Å². The molecule has 1 heterocycles. The highest BCUT2D eigenvalue weighted by atomic mass is 32.2. The largest absolute Gasteiger partial charge is 0.346 e. The Bertz CT molecular complexity index is 732.